The van der Waals surface area contributed by atoms with Crippen molar-refractivity contribution in [3.05, 3.63) is 60.9 Å². The molecule has 0 spiro atoms. The van der Waals surface area contributed by atoms with Crippen LogP contribution in [0.25, 0.3) is 0 Å². The maximum atomic E-state index is 11.1. The Morgan fingerprint density at radius 3 is 2.30 bits per heavy atom. The first-order chi connectivity index (χ1) is 10.6. The van der Waals surface area contributed by atoms with Crippen LogP contribution in [0.5, 0.6) is 0 Å². The second kappa shape index (κ2) is 10.2. The lowest BCUT2D eigenvalue weighted by Gasteiger charge is -2.45. The van der Waals surface area contributed by atoms with Crippen LogP contribution in [0.1, 0.15) is 54.4 Å². The monoisotopic (exact) mass is 316 g/mol. The van der Waals surface area contributed by atoms with Gasteiger partial charge in [0, 0.05) is 12.0 Å². The topological polar surface area (TPSA) is 37.3 Å². The zero-order chi connectivity index (χ0) is 17.9. The molecule has 0 fully saturated rings. The van der Waals surface area contributed by atoms with Gasteiger partial charge in [0.05, 0.1) is 0 Å². The van der Waals surface area contributed by atoms with Crippen LogP contribution < -0.4 is 0 Å². The van der Waals surface area contributed by atoms with Crippen molar-refractivity contribution < 1.29 is 9.90 Å². The van der Waals surface area contributed by atoms with E-state index in [9.17, 15) is 9.90 Å². The molecule has 2 nitrogen and oxygen atoms in total. The molecule has 0 amide bonds. The normalized spacial score (nSPS) is 16.2. The number of carbonyl (C=O) groups is 1. The van der Waals surface area contributed by atoms with Gasteiger partial charge >= 0.3 is 0 Å². The van der Waals surface area contributed by atoms with E-state index in [0.29, 0.717) is 12.8 Å². The molecule has 0 aromatic heterocycles. The van der Waals surface area contributed by atoms with Gasteiger partial charge in [0.2, 0.25) is 0 Å². The predicted molar refractivity (Wildman–Crippen MR) is 99.8 cm³/mol. The van der Waals surface area contributed by atoms with Crippen LogP contribution in [-0.2, 0) is 4.79 Å². The lowest BCUT2D eigenvalue weighted by Crippen LogP contribution is -2.42. The molecule has 0 bridgehead atoms. The number of ketones is 1. The maximum Gasteiger partial charge on any atom is 0.129 e. The summed E-state index contributed by atoms with van der Waals surface area (Å²) in [5.41, 5.74) is -0.0900. The Kier molecular flexibility index (Phi) is 9.43. The van der Waals surface area contributed by atoms with Crippen molar-refractivity contribution in [2.75, 3.05) is 0 Å². The van der Waals surface area contributed by atoms with Crippen LogP contribution in [0.4, 0.5) is 0 Å². The molecule has 0 aromatic rings. The highest BCUT2D eigenvalue weighted by molar-refractivity contribution is 5.75. The largest absolute Gasteiger partial charge is 0.404 e. The number of rotatable bonds is 10. The molecule has 0 aliphatic heterocycles. The highest BCUT2D eigenvalue weighted by Crippen LogP contribution is 2.37. The number of hydrogen-bond donors (Lipinski definition) is 1. The molecule has 0 aromatic carbocycles. The summed E-state index contributed by atoms with van der Waals surface area (Å²) in [4.78, 5) is 11.1. The zero-order valence-corrected chi connectivity index (χ0v) is 15.5. The third kappa shape index (κ3) is 9.14. The summed E-state index contributed by atoms with van der Waals surface area (Å²) in [5.74, 6) is 0.157. The lowest BCUT2D eigenvalue weighted by molar-refractivity contribution is -0.118. The first-order valence-corrected chi connectivity index (χ1v) is 8.16. The van der Waals surface area contributed by atoms with Gasteiger partial charge < -0.3 is 22.1 Å². The van der Waals surface area contributed by atoms with Gasteiger partial charge in [0.15, 0.2) is 0 Å². The smallest absolute Gasteiger partial charge is 0.129 e. The van der Waals surface area contributed by atoms with Crippen LogP contribution in [0.2, 0.25) is 0 Å². The molecular weight excluding hydrogens is 284 g/mol. The fourth-order valence-electron chi connectivity index (χ4n) is 1.77. The van der Waals surface area contributed by atoms with E-state index >= 15 is 0 Å². The third-order valence-corrected chi connectivity index (χ3v) is 4.26. The van der Waals surface area contributed by atoms with Gasteiger partial charge in [-0.25, -0.2) is 0 Å². The summed E-state index contributed by atoms with van der Waals surface area (Å²) >= 11 is 0. The minimum absolute atomic E-state index is 0.157. The molecule has 23 heavy (non-hydrogen) atoms. The zero-order valence-electron chi connectivity index (χ0n) is 15.5. The molecule has 0 aliphatic rings. The number of hydrogen-bond acceptors (Lipinski definition) is 2. The SMILES string of the molecule is CC=C(C)/C=C/C=C/[CH-]C=C[CH-]C(C)(O)C(C)(C)CCC(C)=O. The van der Waals surface area contributed by atoms with Crippen LogP contribution in [0, 0.1) is 18.3 Å². The summed E-state index contributed by atoms with van der Waals surface area (Å²) in [6.07, 6.45) is 18.6. The molecule has 1 atom stereocenters. The predicted octanol–water partition coefficient (Wildman–Crippen LogP) is 5.18. The van der Waals surface area contributed by atoms with Gasteiger partial charge in [-0.15, -0.1) is 6.08 Å². The van der Waals surface area contributed by atoms with Crippen molar-refractivity contribution in [2.45, 2.75) is 60.0 Å². The summed E-state index contributed by atoms with van der Waals surface area (Å²) < 4.78 is 0. The van der Waals surface area contributed by atoms with E-state index in [1.165, 1.54) is 5.57 Å². The molecule has 0 rings (SSSR count). The van der Waals surface area contributed by atoms with Gasteiger partial charge in [-0.05, 0) is 39.5 Å². The van der Waals surface area contributed by atoms with Gasteiger partial charge in [-0.2, -0.15) is 12.2 Å². The third-order valence-electron chi connectivity index (χ3n) is 4.26. The number of carbonyl (C=O) groups excluding carboxylic acids is 1. The molecule has 0 radical (unpaired) electrons. The van der Waals surface area contributed by atoms with Crippen molar-refractivity contribution in [3.8, 4) is 0 Å². The van der Waals surface area contributed by atoms with E-state index in [4.69, 9.17) is 0 Å². The fraction of sp³-hybridized carbons (Fsp3) is 0.476. The Balaban J connectivity index is 4.34. The van der Waals surface area contributed by atoms with Gasteiger partial charge in [0.25, 0.3) is 0 Å². The van der Waals surface area contributed by atoms with Crippen molar-refractivity contribution in [2.24, 2.45) is 5.41 Å². The van der Waals surface area contributed by atoms with Crippen molar-refractivity contribution >= 4 is 5.78 Å². The van der Waals surface area contributed by atoms with Crippen LogP contribution in [-0.4, -0.2) is 16.5 Å². The minimum atomic E-state index is -0.959. The lowest BCUT2D eigenvalue weighted by atomic mass is 9.71. The van der Waals surface area contributed by atoms with E-state index < -0.39 is 5.60 Å². The Hall–Kier alpha value is -1.67. The molecule has 0 saturated heterocycles. The molecule has 1 unspecified atom stereocenters. The molecule has 0 heterocycles. The van der Waals surface area contributed by atoms with Crippen LogP contribution in [0.15, 0.2) is 48.1 Å². The van der Waals surface area contributed by atoms with E-state index in [-0.39, 0.29) is 11.2 Å². The molecule has 0 saturated carbocycles. The van der Waals surface area contributed by atoms with E-state index in [2.05, 4.69) is 13.0 Å². The molecular formula is C21H32O2-2. The first-order valence-electron chi connectivity index (χ1n) is 8.16. The van der Waals surface area contributed by atoms with E-state index in [1.807, 2.05) is 63.6 Å². The Bertz CT molecular complexity index is 474. The summed E-state index contributed by atoms with van der Waals surface area (Å²) in [6, 6.07) is 0. The fourth-order valence-corrected chi connectivity index (χ4v) is 1.77. The molecule has 1 N–H and O–H groups in total. The quantitative estimate of drug-likeness (QED) is 0.445. The Morgan fingerprint density at radius 1 is 1.09 bits per heavy atom. The standard InChI is InChI=1S/C21H32O2/c1-7-18(2)14-12-10-8-9-11-13-16-21(6,23)20(4,5)17-15-19(3)22/h7-14,16,23H,15,17H2,1-6H3/q-2/b10-8+,13-11?,14-12+,18-7?. The number of allylic oxidation sites excluding steroid dienone is 7. The van der Waals surface area contributed by atoms with Gasteiger partial charge in [-0.1, -0.05) is 31.6 Å². The Morgan fingerprint density at radius 2 is 1.74 bits per heavy atom. The summed E-state index contributed by atoms with van der Waals surface area (Å²) in [6.45, 7) is 11.4. The first kappa shape index (κ1) is 21.3. The summed E-state index contributed by atoms with van der Waals surface area (Å²) in [5, 5.41) is 10.6. The molecule has 0 aliphatic carbocycles. The van der Waals surface area contributed by atoms with Crippen molar-refractivity contribution in [1.82, 2.24) is 0 Å². The highest BCUT2D eigenvalue weighted by atomic mass is 16.3. The number of Topliss-reactive ketones (excluding diaryl/α,β-unsaturated/α-hetero) is 1. The van der Waals surface area contributed by atoms with Gasteiger partial charge in [-0.3, -0.25) is 12.8 Å². The summed E-state index contributed by atoms with van der Waals surface area (Å²) in [7, 11) is 0. The molecule has 2 heteroatoms. The maximum absolute atomic E-state index is 11.1. The van der Waals surface area contributed by atoms with E-state index in [0.717, 1.165) is 0 Å². The van der Waals surface area contributed by atoms with Crippen molar-refractivity contribution in [1.29, 1.82) is 0 Å². The average molecular weight is 316 g/mol. The van der Waals surface area contributed by atoms with Crippen LogP contribution >= 0.6 is 0 Å². The highest BCUT2D eigenvalue weighted by Gasteiger charge is 2.33. The van der Waals surface area contributed by atoms with E-state index in [1.54, 1.807) is 20.3 Å². The van der Waals surface area contributed by atoms with Crippen molar-refractivity contribution in [3.63, 3.8) is 0 Å². The van der Waals surface area contributed by atoms with Crippen LogP contribution in [0.3, 0.4) is 0 Å². The second-order valence-corrected chi connectivity index (χ2v) is 6.75. The Labute approximate surface area is 142 Å². The molecule has 130 valence electrons. The number of aliphatic hydroxyl groups is 1. The average Bonchev–Trinajstić information content (AvgIpc) is 2.47. The second-order valence-electron chi connectivity index (χ2n) is 6.75. The van der Waals surface area contributed by atoms with Gasteiger partial charge in [0.1, 0.15) is 5.78 Å². The minimum Gasteiger partial charge on any atom is -0.404 e.